The third kappa shape index (κ3) is 3.61. The Morgan fingerprint density at radius 1 is 1.36 bits per heavy atom. The highest BCUT2D eigenvalue weighted by atomic mass is 19.1. The average Bonchev–Trinajstić information content (AvgIpc) is 3.23. The van der Waals surface area contributed by atoms with Crippen molar-refractivity contribution in [2.24, 2.45) is 7.05 Å². The van der Waals surface area contributed by atoms with Crippen LogP contribution >= 0.6 is 0 Å². The Bertz CT molecular complexity index is 868. The summed E-state index contributed by atoms with van der Waals surface area (Å²) in [5.74, 6) is -0.349. The number of benzene rings is 1. The summed E-state index contributed by atoms with van der Waals surface area (Å²) in [6.45, 7) is 1.54. The number of furan rings is 1. The second kappa shape index (κ2) is 6.52. The van der Waals surface area contributed by atoms with E-state index in [-0.39, 0.29) is 18.3 Å². The lowest BCUT2D eigenvalue weighted by atomic mass is 10.0. The summed E-state index contributed by atoms with van der Waals surface area (Å²) < 4.78 is 19.6. The normalized spacial score (nSPS) is 13.4. The number of carbonyl (C=O) groups excluding carboxylic acids is 1. The van der Waals surface area contributed by atoms with E-state index in [4.69, 9.17) is 4.42 Å². The van der Waals surface area contributed by atoms with Gasteiger partial charge in [0.25, 0.3) is 5.91 Å². The standard InChI is InChI=1S/C18H18FN3O3/c1-18(24,16-4-3-9-25-16)11-20-17(23)15-10-14(21-22(15)2)12-5-7-13(19)8-6-12/h3-10,24H,11H2,1-2H3,(H,20,23). The van der Waals surface area contributed by atoms with Gasteiger partial charge < -0.3 is 14.8 Å². The van der Waals surface area contributed by atoms with Crippen molar-refractivity contribution in [3.63, 3.8) is 0 Å². The Labute approximate surface area is 143 Å². The first-order valence-electron chi connectivity index (χ1n) is 7.71. The van der Waals surface area contributed by atoms with Crippen molar-refractivity contribution in [3.8, 4) is 11.3 Å². The third-order valence-electron chi connectivity index (χ3n) is 3.90. The lowest BCUT2D eigenvalue weighted by molar-refractivity contribution is 0.0328. The number of carbonyl (C=O) groups is 1. The van der Waals surface area contributed by atoms with E-state index in [0.29, 0.717) is 22.7 Å². The second-order valence-electron chi connectivity index (χ2n) is 5.98. The molecule has 25 heavy (non-hydrogen) atoms. The third-order valence-corrected chi connectivity index (χ3v) is 3.90. The number of aromatic nitrogens is 2. The minimum absolute atomic E-state index is 0.0175. The summed E-state index contributed by atoms with van der Waals surface area (Å²) in [6, 6.07) is 10.8. The van der Waals surface area contributed by atoms with Crippen LogP contribution < -0.4 is 5.32 Å². The number of rotatable bonds is 5. The number of halogens is 1. The Hall–Kier alpha value is -2.93. The molecule has 3 rings (SSSR count). The number of nitrogens with zero attached hydrogens (tertiary/aromatic N) is 2. The highest BCUT2D eigenvalue weighted by Gasteiger charge is 2.27. The lowest BCUT2D eigenvalue weighted by Gasteiger charge is -2.21. The van der Waals surface area contributed by atoms with Crippen LogP contribution in [0.5, 0.6) is 0 Å². The topological polar surface area (TPSA) is 80.3 Å². The van der Waals surface area contributed by atoms with E-state index in [0.717, 1.165) is 0 Å². The second-order valence-corrected chi connectivity index (χ2v) is 5.98. The van der Waals surface area contributed by atoms with Gasteiger partial charge in [0.15, 0.2) is 0 Å². The van der Waals surface area contributed by atoms with Crippen LogP contribution in [0.2, 0.25) is 0 Å². The van der Waals surface area contributed by atoms with Gasteiger partial charge in [-0.05, 0) is 49.4 Å². The van der Waals surface area contributed by atoms with Gasteiger partial charge in [-0.25, -0.2) is 4.39 Å². The number of aliphatic hydroxyl groups is 1. The zero-order valence-corrected chi connectivity index (χ0v) is 13.9. The Morgan fingerprint density at radius 3 is 2.72 bits per heavy atom. The number of hydrogen-bond donors (Lipinski definition) is 2. The molecule has 1 aromatic carbocycles. The maximum atomic E-state index is 13.0. The molecule has 130 valence electrons. The first kappa shape index (κ1) is 16.9. The molecule has 0 fully saturated rings. The molecule has 1 amide bonds. The van der Waals surface area contributed by atoms with Crippen molar-refractivity contribution in [2.45, 2.75) is 12.5 Å². The first-order valence-corrected chi connectivity index (χ1v) is 7.71. The average molecular weight is 343 g/mol. The van der Waals surface area contributed by atoms with Crippen LogP contribution in [0.15, 0.2) is 53.1 Å². The van der Waals surface area contributed by atoms with E-state index < -0.39 is 5.60 Å². The van der Waals surface area contributed by atoms with Gasteiger partial charge in [0.1, 0.15) is 22.9 Å². The smallest absolute Gasteiger partial charge is 0.269 e. The van der Waals surface area contributed by atoms with Crippen LogP contribution in [0.3, 0.4) is 0 Å². The van der Waals surface area contributed by atoms with Gasteiger partial charge in [0, 0.05) is 12.6 Å². The SMILES string of the molecule is Cn1nc(-c2ccc(F)cc2)cc1C(=O)NCC(C)(O)c1ccco1. The van der Waals surface area contributed by atoms with Crippen LogP contribution in [-0.4, -0.2) is 27.3 Å². The Kier molecular flexibility index (Phi) is 4.41. The Morgan fingerprint density at radius 2 is 2.08 bits per heavy atom. The van der Waals surface area contributed by atoms with Gasteiger partial charge in [-0.3, -0.25) is 9.48 Å². The van der Waals surface area contributed by atoms with Gasteiger partial charge in [0.2, 0.25) is 0 Å². The molecule has 1 unspecified atom stereocenters. The van der Waals surface area contributed by atoms with Gasteiger partial charge in [-0.15, -0.1) is 0 Å². The van der Waals surface area contributed by atoms with Gasteiger partial charge in [0.05, 0.1) is 18.5 Å². The van der Waals surface area contributed by atoms with Crippen molar-refractivity contribution in [3.05, 3.63) is 66.0 Å². The minimum atomic E-state index is -1.32. The van der Waals surface area contributed by atoms with E-state index in [1.54, 1.807) is 44.3 Å². The zero-order chi connectivity index (χ0) is 18.0. The molecular formula is C18H18FN3O3. The molecule has 1 atom stereocenters. The van der Waals surface area contributed by atoms with Crippen molar-refractivity contribution in [1.29, 1.82) is 0 Å². The predicted molar refractivity (Wildman–Crippen MR) is 89.2 cm³/mol. The van der Waals surface area contributed by atoms with E-state index in [1.807, 2.05) is 0 Å². The molecule has 0 saturated heterocycles. The summed E-state index contributed by atoms with van der Waals surface area (Å²) in [5.41, 5.74) is 0.274. The van der Waals surface area contributed by atoms with Gasteiger partial charge in [-0.1, -0.05) is 0 Å². The summed E-state index contributed by atoms with van der Waals surface area (Å²) in [5, 5.41) is 17.3. The molecule has 2 N–H and O–H groups in total. The van der Waals surface area contributed by atoms with E-state index in [9.17, 15) is 14.3 Å². The summed E-state index contributed by atoms with van der Waals surface area (Å²) >= 11 is 0. The van der Waals surface area contributed by atoms with Crippen LogP contribution in [0.4, 0.5) is 4.39 Å². The molecule has 0 aliphatic carbocycles. The van der Waals surface area contributed by atoms with E-state index >= 15 is 0 Å². The largest absolute Gasteiger partial charge is 0.466 e. The van der Waals surface area contributed by atoms with Gasteiger partial charge in [-0.2, -0.15) is 5.10 Å². The van der Waals surface area contributed by atoms with Crippen LogP contribution in [-0.2, 0) is 12.6 Å². The van der Waals surface area contributed by atoms with E-state index in [2.05, 4.69) is 10.4 Å². The molecule has 6 nitrogen and oxygen atoms in total. The van der Waals surface area contributed by atoms with Crippen molar-refractivity contribution in [1.82, 2.24) is 15.1 Å². The molecule has 0 aliphatic rings. The van der Waals surface area contributed by atoms with Crippen molar-refractivity contribution >= 4 is 5.91 Å². The maximum Gasteiger partial charge on any atom is 0.269 e. The highest BCUT2D eigenvalue weighted by molar-refractivity contribution is 5.93. The maximum absolute atomic E-state index is 13.0. The highest BCUT2D eigenvalue weighted by Crippen LogP contribution is 2.21. The molecule has 0 bridgehead atoms. The quantitative estimate of drug-likeness (QED) is 0.746. The van der Waals surface area contributed by atoms with Crippen LogP contribution in [0.1, 0.15) is 23.2 Å². The van der Waals surface area contributed by atoms with Crippen LogP contribution in [0.25, 0.3) is 11.3 Å². The number of nitrogens with one attached hydrogen (secondary N) is 1. The van der Waals surface area contributed by atoms with Crippen molar-refractivity contribution in [2.75, 3.05) is 6.54 Å². The Balaban J connectivity index is 1.73. The molecule has 0 aliphatic heterocycles. The van der Waals surface area contributed by atoms with Crippen LogP contribution in [0, 0.1) is 5.82 Å². The molecular weight excluding hydrogens is 325 g/mol. The number of aryl methyl sites for hydroxylation is 1. The fraction of sp³-hybridized carbons (Fsp3) is 0.222. The number of hydrogen-bond acceptors (Lipinski definition) is 4. The lowest BCUT2D eigenvalue weighted by Crippen LogP contribution is -2.39. The zero-order valence-electron chi connectivity index (χ0n) is 13.9. The monoisotopic (exact) mass is 343 g/mol. The first-order chi connectivity index (χ1) is 11.9. The summed E-state index contributed by atoms with van der Waals surface area (Å²) in [4.78, 5) is 12.4. The molecule has 0 radical (unpaired) electrons. The van der Waals surface area contributed by atoms with E-state index in [1.165, 1.54) is 23.1 Å². The fourth-order valence-electron chi connectivity index (χ4n) is 2.46. The molecule has 3 aromatic rings. The summed E-state index contributed by atoms with van der Waals surface area (Å²) in [7, 11) is 1.65. The predicted octanol–water partition coefficient (Wildman–Crippen LogP) is 2.46. The summed E-state index contributed by atoms with van der Waals surface area (Å²) in [6.07, 6.45) is 1.46. The molecule has 0 spiro atoms. The molecule has 2 aromatic heterocycles. The van der Waals surface area contributed by atoms with Gasteiger partial charge >= 0.3 is 0 Å². The molecule has 0 saturated carbocycles. The minimum Gasteiger partial charge on any atom is -0.466 e. The molecule has 2 heterocycles. The molecule has 7 heteroatoms. The van der Waals surface area contributed by atoms with Crippen molar-refractivity contribution < 1.29 is 18.7 Å². The fourth-order valence-corrected chi connectivity index (χ4v) is 2.46. The number of amides is 1.